The van der Waals surface area contributed by atoms with Gasteiger partial charge in [-0.2, -0.15) is 5.10 Å². The van der Waals surface area contributed by atoms with Gasteiger partial charge in [-0.15, -0.1) is 0 Å². The van der Waals surface area contributed by atoms with E-state index in [1.54, 1.807) is 22.0 Å². The summed E-state index contributed by atoms with van der Waals surface area (Å²) in [5, 5.41) is 11.4. The van der Waals surface area contributed by atoms with Gasteiger partial charge in [0, 0.05) is 53.7 Å². The molecule has 1 saturated heterocycles. The van der Waals surface area contributed by atoms with Crippen molar-refractivity contribution in [1.82, 2.24) is 34.9 Å². The molecule has 3 atom stereocenters. The van der Waals surface area contributed by atoms with Gasteiger partial charge in [0.25, 0.3) is 0 Å². The molecule has 1 saturated carbocycles. The van der Waals surface area contributed by atoms with Crippen molar-refractivity contribution >= 4 is 56.2 Å². The lowest BCUT2D eigenvalue weighted by atomic mass is 9.85. The third-order valence-electron chi connectivity index (χ3n) is 10.4. The molecule has 2 fully saturated rings. The van der Waals surface area contributed by atoms with Crippen LogP contribution in [0, 0.1) is 17.8 Å². The van der Waals surface area contributed by atoms with Gasteiger partial charge in [0.1, 0.15) is 34.5 Å². The van der Waals surface area contributed by atoms with E-state index < -0.39 is 16.9 Å². The number of aromatic nitrogens is 5. The number of nitrogens with zero attached hydrogens (tertiary/aromatic N) is 6. The quantitative estimate of drug-likeness (QED) is 0.220. The molecule has 1 aromatic carbocycles. The molecule has 2 N–H and O–H groups in total. The van der Waals surface area contributed by atoms with Crippen molar-refractivity contribution in [3.63, 3.8) is 0 Å². The number of fused-ring (bicyclic) bond motifs is 3. The lowest BCUT2D eigenvalue weighted by Gasteiger charge is -2.27. The Labute approximate surface area is 292 Å². The molecule has 7 rings (SSSR count). The van der Waals surface area contributed by atoms with Crippen LogP contribution in [0.2, 0.25) is 0 Å². The highest BCUT2D eigenvalue weighted by Gasteiger charge is 2.67. The number of likely N-dealkylation sites (tertiary alicyclic amines) is 1. The van der Waals surface area contributed by atoms with Gasteiger partial charge in [0.2, 0.25) is 17.7 Å². The van der Waals surface area contributed by atoms with Crippen molar-refractivity contribution in [2.45, 2.75) is 84.8 Å². The van der Waals surface area contributed by atoms with Crippen molar-refractivity contribution in [3.8, 4) is 11.1 Å². The first-order chi connectivity index (χ1) is 23.3. The summed E-state index contributed by atoms with van der Waals surface area (Å²) >= 11 is 3.44. The van der Waals surface area contributed by atoms with Crippen molar-refractivity contribution in [2.75, 3.05) is 11.9 Å². The summed E-state index contributed by atoms with van der Waals surface area (Å²) in [5.74, 6) is 0.294. The minimum Gasteiger partial charge on any atom is -0.355 e. The average molecular weight is 728 g/mol. The molecule has 2 aliphatic heterocycles. The van der Waals surface area contributed by atoms with Gasteiger partial charge >= 0.3 is 0 Å². The second kappa shape index (κ2) is 12.4. The third kappa shape index (κ3) is 6.24. The highest BCUT2D eigenvalue weighted by molar-refractivity contribution is 9.10. The smallest absolute Gasteiger partial charge is 0.248 e. The Kier molecular flexibility index (Phi) is 8.36. The monoisotopic (exact) mass is 726 g/mol. The lowest BCUT2D eigenvalue weighted by molar-refractivity contribution is -0.138. The van der Waals surface area contributed by atoms with Gasteiger partial charge in [-0.1, -0.05) is 32.4 Å². The minimum atomic E-state index is -0.767. The number of rotatable bonds is 4. The Hall–Kier alpha value is -4.52. The molecule has 4 aromatic rings. The predicted molar refractivity (Wildman–Crippen MR) is 187 cm³/mol. The Bertz CT molecular complexity index is 2010. The summed E-state index contributed by atoms with van der Waals surface area (Å²) in [6.45, 7) is 7.43. The van der Waals surface area contributed by atoms with Crippen molar-refractivity contribution in [3.05, 3.63) is 64.4 Å². The molecule has 1 aliphatic carbocycles. The summed E-state index contributed by atoms with van der Waals surface area (Å²) < 4.78 is 2.15. The molecule has 254 valence electrons. The molecule has 3 aromatic heterocycles. The number of Topliss-reactive ketones (excluding diaryl/α,β-unsaturated/α-hetero) is 1. The lowest BCUT2D eigenvalue weighted by Crippen LogP contribution is -2.47. The Morgan fingerprint density at radius 3 is 2.57 bits per heavy atom. The van der Waals surface area contributed by atoms with Crippen LogP contribution in [0.25, 0.3) is 22.0 Å². The van der Waals surface area contributed by atoms with Crippen LogP contribution in [-0.2, 0) is 27.3 Å². The fraction of sp³-hybridized carbons (Fsp3) is 0.444. The maximum atomic E-state index is 14.3. The fourth-order valence-corrected chi connectivity index (χ4v) is 7.73. The normalized spacial score (nSPS) is 23.5. The van der Waals surface area contributed by atoms with E-state index in [2.05, 4.69) is 46.6 Å². The molecule has 1 spiro atoms. The zero-order valence-electron chi connectivity index (χ0n) is 28.0. The molecule has 3 aliphatic rings. The number of nitrogens with one attached hydrogen (secondary N) is 2. The Morgan fingerprint density at radius 2 is 1.82 bits per heavy atom. The summed E-state index contributed by atoms with van der Waals surface area (Å²) in [5.41, 5.74) is 2.46. The van der Waals surface area contributed by atoms with Gasteiger partial charge in [-0.05, 0) is 84.3 Å². The minimum absolute atomic E-state index is 0.0180. The third-order valence-corrected chi connectivity index (χ3v) is 10.8. The standard InChI is InChI=1S/C36H39BrN8O4/c1-20(46)31-25-13-23(24-16-38-21(2)39-17-24)8-10-26(25)44(43-31)18-30(47)45-27-14-36(15-28(36)45)19-40-34(49)35(3,4)12-6-5-7-22-9-11-29(37)41-32(22)42-33(27)48/h8-11,13,16-17,27-28H,5-7,12,14-15,18-19H2,1-4H3,(H,40,49)(H,41,42,48)/t27-,28+,36-/m0/s1. The molecule has 0 unspecified atom stereocenters. The Balaban J connectivity index is 1.21. The second-order valence-corrected chi connectivity index (χ2v) is 15.1. The molecule has 0 radical (unpaired) electrons. The summed E-state index contributed by atoms with van der Waals surface area (Å²) in [7, 11) is 0. The molecule has 49 heavy (non-hydrogen) atoms. The van der Waals surface area contributed by atoms with Gasteiger partial charge in [-0.25, -0.2) is 15.0 Å². The number of pyridine rings is 1. The van der Waals surface area contributed by atoms with Crippen LogP contribution in [0.5, 0.6) is 0 Å². The van der Waals surface area contributed by atoms with Gasteiger partial charge in [0.05, 0.1) is 5.52 Å². The fourth-order valence-electron chi connectivity index (χ4n) is 7.42. The van der Waals surface area contributed by atoms with Crippen LogP contribution in [0.3, 0.4) is 0 Å². The first-order valence-electron chi connectivity index (χ1n) is 16.7. The van der Waals surface area contributed by atoms with Crippen LogP contribution in [-0.4, -0.2) is 71.8 Å². The average Bonchev–Trinajstić information content (AvgIpc) is 3.48. The molecule has 13 heteroatoms. The first-order valence-corrected chi connectivity index (χ1v) is 17.5. The maximum Gasteiger partial charge on any atom is 0.248 e. The molecular weight excluding hydrogens is 688 g/mol. The number of aryl methyl sites for hydroxylation is 2. The number of hydrogen-bond donors (Lipinski definition) is 2. The van der Waals surface area contributed by atoms with Crippen LogP contribution < -0.4 is 10.6 Å². The zero-order valence-corrected chi connectivity index (χ0v) is 29.6. The van der Waals surface area contributed by atoms with E-state index in [1.165, 1.54) is 6.92 Å². The van der Waals surface area contributed by atoms with Crippen molar-refractivity contribution in [2.24, 2.45) is 10.8 Å². The van der Waals surface area contributed by atoms with E-state index >= 15 is 0 Å². The number of benzene rings is 1. The number of anilines is 1. The SMILES string of the molecule is CC(=O)c1nn(CC(=O)N2[C@H]3C[C@@]4(CNC(=O)C(C)(C)CCCCc5ccc(Br)nc5NC3=O)C[C@@H]24)c2ccc(-c3cnc(C)nc3)cc12. The number of carbonyl (C=O) groups excluding carboxylic acids is 4. The van der Waals surface area contributed by atoms with E-state index in [1.807, 2.05) is 51.1 Å². The molecule has 12 nitrogen and oxygen atoms in total. The van der Waals surface area contributed by atoms with Crippen molar-refractivity contribution in [1.29, 1.82) is 0 Å². The number of ketones is 1. The second-order valence-electron chi connectivity index (χ2n) is 14.3. The van der Waals surface area contributed by atoms with Crippen molar-refractivity contribution < 1.29 is 19.2 Å². The number of hydrogen-bond acceptors (Lipinski definition) is 8. The predicted octanol–water partition coefficient (Wildman–Crippen LogP) is 5.03. The van der Waals surface area contributed by atoms with E-state index in [0.29, 0.717) is 53.0 Å². The largest absolute Gasteiger partial charge is 0.355 e. The molecule has 2 bridgehead atoms. The van der Waals surface area contributed by atoms with E-state index in [9.17, 15) is 19.2 Å². The van der Waals surface area contributed by atoms with E-state index in [4.69, 9.17) is 0 Å². The van der Waals surface area contributed by atoms with E-state index in [-0.39, 0.29) is 41.8 Å². The molecule has 5 heterocycles. The zero-order chi connectivity index (χ0) is 34.7. The first kappa shape index (κ1) is 33.0. The number of carbonyl (C=O) groups is 4. The molecular formula is C36H39BrN8O4. The topological polar surface area (TPSA) is 152 Å². The number of piperidine rings is 1. The number of amides is 3. The van der Waals surface area contributed by atoms with Crippen LogP contribution in [0.4, 0.5) is 5.82 Å². The maximum absolute atomic E-state index is 14.3. The Morgan fingerprint density at radius 1 is 1.04 bits per heavy atom. The van der Waals surface area contributed by atoms with E-state index in [0.717, 1.165) is 36.0 Å². The van der Waals surface area contributed by atoms with Crippen LogP contribution in [0.1, 0.15) is 74.8 Å². The van der Waals surface area contributed by atoms with Gasteiger partial charge in [-0.3, -0.25) is 23.9 Å². The summed E-state index contributed by atoms with van der Waals surface area (Å²) in [6, 6.07) is 8.42. The summed E-state index contributed by atoms with van der Waals surface area (Å²) in [4.78, 5) is 69.3. The van der Waals surface area contributed by atoms with Crippen LogP contribution >= 0.6 is 15.9 Å². The molecule has 3 amide bonds. The summed E-state index contributed by atoms with van der Waals surface area (Å²) in [6.07, 6.45) is 7.68. The van der Waals surface area contributed by atoms with Gasteiger partial charge < -0.3 is 15.5 Å². The number of halogens is 1. The highest BCUT2D eigenvalue weighted by atomic mass is 79.9. The van der Waals surface area contributed by atoms with Crippen LogP contribution in [0.15, 0.2) is 47.3 Å². The van der Waals surface area contributed by atoms with Gasteiger partial charge in [0.15, 0.2) is 5.78 Å². The highest BCUT2D eigenvalue weighted by Crippen LogP contribution is 2.59.